The highest BCUT2D eigenvalue weighted by Gasteiger charge is 2.35. The zero-order chi connectivity index (χ0) is 18.1. The molecule has 0 spiro atoms. The molecular formula is C19H23N3O2S. The van der Waals surface area contributed by atoms with Crippen LogP contribution in [-0.2, 0) is 16.1 Å². The summed E-state index contributed by atoms with van der Waals surface area (Å²) in [6, 6.07) is 5.97. The van der Waals surface area contributed by atoms with Gasteiger partial charge in [0, 0.05) is 23.5 Å². The van der Waals surface area contributed by atoms with Gasteiger partial charge in [0.15, 0.2) is 0 Å². The molecule has 5 nitrogen and oxygen atoms in total. The highest BCUT2D eigenvalue weighted by atomic mass is 32.1. The van der Waals surface area contributed by atoms with E-state index in [0.29, 0.717) is 13.1 Å². The smallest absolute Gasteiger partial charge is 0.227 e. The maximum atomic E-state index is 12.5. The Morgan fingerprint density at radius 1 is 1.28 bits per heavy atom. The van der Waals surface area contributed by atoms with Crippen molar-refractivity contribution in [3.05, 3.63) is 44.9 Å². The van der Waals surface area contributed by atoms with E-state index in [4.69, 9.17) is 0 Å². The second kappa shape index (κ2) is 6.96. The minimum Gasteiger partial charge on any atom is -0.351 e. The largest absolute Gasteiger partial charge is 0.351 e. The van der Waals surface area contributed by atoms with Crippen LogP contribution < -0.4 is 10.2 Å². The van der Waals surface area contributed by atoms with Crippen molar-refractivity contribution in [2.24, 2.45) is 5.92 Å². The zero-order valence-electron chi connectivity index (χ0n) is 15.0. The molecule has 1 atom stereocenters. The van der Waals surface area contributed by atoms with Crippen molar-refractivity contribution in [2.45, 2.75) is 40.7 Å². The third-order valence-corrected chi connectivity index (χ3v) is 5.79. The molecule has 2 amide bonds. The van der Waals surface area contributed by atoms with Crippen molar-refractivity contribution < 1.29 is 9.59 Å². The van der Waals surface area contributed by atoms with Gasteiger partial charge < -0.3 is 10.2 Å². The molecule has 1 N–H and O–H groups in total. The number of benzene rings is 1. The third kappa shape index (κ3) is 3.74. The molecule has 6 heteroatoms. The summed E-state index contributed by atoms with van der Waals surface area (Å²) in [6.45, 7) is 8.90. The summed E-state index contributed by atoms with van der Waals surface area (Å²) in [7, 11) is 0. The predicted molar refractivity (Wildman–Crippen MR) is 99.8 cm³/mol. The highest BCUT2D eigenvalue weighted by Crippen LogP contribution is 2.27. The van der Waals surface area contributed by atoms with Crippen LogP contribution >= 0.6 is 11.3 Å². The van der Waals surface area contributed by atoms with Crippen LogP contribution in [-0.4, -0.2) is 23.3 Å². The van der Waals surface area contributed by atoms with Gasteiger partial charge in [-0.25, -0.2) is 4.98 Å². The van der Waals surface area contributed by atoms with Gasteiger partial charge in [-0.1, -0.05) is 6.07 Å². The molecule has 132 valence electrons. The van der Waals surface area contributed by atoms with E-state index in [1.165, 1.54) is 5.56 Å². The van der Waals surface area contributed by atoms with E-state index in [1.54, 1.807) is 16.2 Å². The first-order valence-corrected chi connectivity index (χ1v) is 9.25. The van der Waals surface area contributed by atoms with E-state index in [2.05, 4.69) is 10.3 Å². The van der Waals surface area contributed by atoms with E-state index in [9.17, 15) is 9.59 Å². The molecule has 1 aliphatic rings. The minimum atomic E-state index is -0.302. The van der Waals surface area contributed by atoms with Crippen molar-refractivity contribution in [3.63, 3.8) is 0 Å². The number of rotatable bonds is 4. The van der Waals surface area contributed by atoms with Gasteiger partial charge in [-0.05, 0) is 51.0 Å². The van der Waals surface area contributed by atoms with E-state index in [0.717, 1.165) is 26.8 Å². The monoisotopic (exact) mass is 357 g/mol. The number of thiazole rings is 1. The molecule has 0 radical (unpaired) electrons. The van der Waals surface area contributed by atoms with Gasteiger partial charge >= 0.3 is 0 Å². The lowest BCUT2D eigenvalue weighted by atomic mass is 10.1. The predicted octanol–water partition coefficient (Wildman–Crippen LogP) is 3.05. The van der Waals surface area contributed by atoms with Crippen molar-refractivity contribution in [1.29, 1.82) is 0 Å². The van der Waals surface area contributed by atoms with Gasteiger partial charge in [-0.15, -0.1) is 11.3 Å². The number of hydrogen-bond acceptors (Lipinski definition) is 4. The summed E-state index contributed by atoms with van der Waals surface area (Å²) >= 11 is 1.60. The third-order valence-electron chi connectivity index (χ3n) is 4.72. The summed E-state index contributed by atoms with van der Waals surface area (Å²) in [6.07, 6.45) is 0.263. The van der Waals surface area contributed by atoms with E-state index in [-0.39, 0.29) is 24.2 Å². The zero-order valence-corrected chi connectivity index (χ0v) is 15.9. The van der Waals surface area contributed by atoms with Crippen LogP contribution in [0.5, 0.6) is 0 Å². The van der Waals surface area contributed by atoms with Crippen LogP contribution in [0.1, 0.15) is 33.1 Å². The molecule has 1 saturated heterocycles. The molecular weight excluding hydrogens is 334 g/mol. The number of hydrogen-bond donors (Lipinski definition) is 1. The topological polar surface area (TPSA) is 62.3 Å². The number of aromatic nitrogens is 1. The fourth-order valence-electron chi connectivity index (χ4n) is 3.08. The molecule has 1 aromatic heterocycles. The SMILES string of the molecule is Cc1nc(C)c(CNC(=O)[C@H]2CC(=O)N(c3ccc(C)c(C)c3)C2)s1. The number of amides is 2. The molecule has 2 heterocycles. The Kier molecular flexibility index (Phi) is 4.90. The summed E-state index contributed by atoms with van der Waals surface area (Å²) in [5.41, 5.74) is 4.17. The van der Waals surface area contributed by atoms with Gasteiger partial charge in [0.1, 0.15) is 0 Å². The van der Waals surface area contributed by atoms with Crippen molar-refractivity contribution in [1.82, 2.24) is 10.3 Å². The van der Waals surface area contributed by atoms with Crippen molar-refractivity contribution in [3.8, 4) is 0 Å². The van der Waals surface area contributed by atoms with Crippen LogP contribution in [0.4, 0.5) is 5.69 Å². The fraction of sp³-hybridized carbons (Fsp3) is 0.421. The Morgan fingerprint density at radius 3 is 2.68 bits per heavy atom. The quantitative estimate of drug-likeness (QED) is 0.915. The maximum Gasteiger partial charge on any atom is 0.227 e. The number of aryl methyl sites for hydroxylation is 4. The summed E-state index contributed by atoms with van der Waals surface area (Å²) in [5.74, 6) is -0.359. The first kappa shape index (κ1) is 17.6. The Balaban J connectivity index is 1.64. The summed E-state index contributed by atoms with van der Waals surface area (Å²) < 4.78 is 0. The van der Waals surface area contributed by atoms with Crippen molar-refractivity contribution >= 4 is 28.8 Å². The molecule has 0 unspecified atom stereocenters. The molecule has 2 aromatic rings. The first-order valence-electron chi connectivity index (χ1n) is 8.43. The van der Waals surface area contributed by atoms with Gasteiger partial charge in [0.2, 0.25) is 11.8 Å². The second-order valence-corrected chi connectivity index (χ2v) is 7.92. The van der Waals surface area contributed by atoms with Gasteiger partial charge in [0.25, 0.3) is 0 Å². The lowest BCUT2D eigenvalue weighted by molar-refractivity contribution is -0.126. The lowest BCUT2D eigenvalue weighted by Gasteiger charge is -2.18. The first-order chi connectivity index (χ1) is 11.8. The highest BCUT2D eigenvalue weighted by molar-refractivity contribution is 7.11. The molecule has 25 heavy (non-hydrogen) atoms. The molecule has 3 rings (SSSR count). The Labute approximate surface area is 152 Å². The van der Waals surface area contributed by atoms with E-state index in [1.807, 2.05) is 45.9 Å². The summed E-state index contributed by atoms with van der Waals surface area (Å²) in [5, 5.41) is 3.96. The Bertz CT molecular complexity index is 828. The molecule has 0 aliphatic carbocycles. The fourth-order valence-corrected chi connectivity index (χ4v) is 3.95. The minimum absolute atomic E-state index is 0.00761. The molecule has 1 aliphatic heterocycles. The Morgan fingerprint density at radius 2 is 2.04 bits per heavy atom. The number of anilines is 1. The van der Waals surface area contributed by atoms with E-state index >= 15 is 0 Å². The van der Waals surface area contributed by atoms with Gasteiger partial charge in [-0.2, -0.15) is 0 Å². The van der Waals surface area contributed by atoms with Crippen molar-refractivity contribution in [2.75, 3.05) is 11.4 Å². The lowest BCUT2D eigenvalue weighted by Crippen LogP contribution is -2.32. The number of carbonyl (C=O) groups is 2. The number of carbonyl (C=O) groups excluding carboxylic acids is 2. The van der Waals surface area contributed by atoms with Crippen LogP contribution in [0.2, 0.25) is 0 Å². The van der Waals surface area contributed by atoms with Gasteiger partial charge in [-0.3, -0.25) is 9.59 Å². The summed E-state index contributed by atoms with van der Waals surface area (Å²) in [4.78, 5) is 32.0. The maximum absolute atomic E-state index is 12.5. The van der Waals surface area contributed by atoms with Gasteiger partial charge in [0.05, 0.1) is 23.2 Å². The van der Waals surface area contributed by atoms with Crippen LogP contribution in [0, 0.1) is 33.6 Å². The van der Waals surface area contributed by atoms with Crippen LogP contribution in [0.3, 0.4) is 0 Å². The number of nitrogens with one attached hydrogen (secondary N) is 1. The molecule has 1 aromatic carbocycles. The molecule has 0 bridgehead atoms. The molecule has 0 saturated carbocycles. The standard InChI is InChI=1S/C19H23N3O2S/c1-11-5-6-16(7-12(11)2)22-10-15(8-18(22)23)19(24)20-9-17-13(3)21-14(4)25-17/h5-7,15H,8-10H2,1-4H3,(H,20,24)/t15-/m0/s1. The molecule has 1 fully saturated rings. The normalized spacial score (nSPS) is 17.2. The average Bonchev–Trinajstić information content (AvgIpc) is 3.10. The average molecular weight is 357 g/mol. The Hall–Kier alpha value is -2.21. The number of nitrogens with zero attached hydrogens (tertiary/aromatic N) is 2. The van der Waals surface area contributed by atoms with E-state index < -0.39 is 0 Å². The van der Waals surface area contributed by atoms with Crippen LogP contribution in [0.15, 0.2) is 18.2 Å². The van der Waals surface area contributed by atoms with Crippen LogP contribution in [0.25, 0.3) is 0 Å². The second-order valence-electron chi connectivity index (χ2n) is 6.63.